The van der Waals surface area contributed by atoms with Crippen molar-refractivity contribution in [1.29, 1.82) is 0 Å². The lowest BCUT2D eigenvalue weighted by atomic mass is 9.97. The molecule has 0 radical (unpaired) electrons. The van der Waals surface area contributed by atoms with E-state index in [0.29, 0.717) is 0 Å². The minimum Gasteiger partial charge on any atom is -0.494 e. The van der Waals surface area contributed by atoms with Gasteiger partial charge in [-0.3, -0.25) is 0 Å². The van der Waals surface area contributed by atoms with Crippen molar-refractivity contribution < 1.29 is 9.13 Å². The number of nitrogens with one attached hydrogen (secondary N) is 1. The van der Waals surface area contributed by atoms with Gasteiger partial charge in [0.2, 0.25) is 0 Å². The molecule has 0 aliphatic carbocycles. The lowest BCUT2D eigenvalue weighted by Crippen LogP contribution is -2.22. The molecular formula is C18H22FNO. The maximum Gasteiger partial charge on any atom is 0.165 e. The summed E-state index contributed by atoms with van der Waals surface area (Å²) in [5, 5.41) is 3.45. The van der Waals surface area contributed by atoms with Crippen LogP contribution in [0.3, 0.4) is 0 Å². The average molecular weight is 287 g/mol. The standard InChI is InChI=1S/C18H22FNO/c1-4-13-6-8-14(9-7-13)18(20-5-2)15-10-11-16(19)17(12-15)21-3/h6-12,18,20H,4-5H2,1-3H3. The fourth-order valence-corrected chi connectivity index (χ4v) is 2.43. The van der Waals surface area contributed by atoms with Crippen LogP contribution in [-0.2, 0) is 6.42 Å². The van der Waals surface area contributed by atoms with Gasteiger partial charge in [0.05, 0.1) is 13.2 Å². The van der Waals surface area contributed by atoms with Crippen LogP contribution in [0.4, 0.5) is 4.39 Å². The van der Waals surface area contributed by atoms with Crippen LogP contribution in [-0.4, -0.2) is 13.7 Å². The van der Waals surface area contributed by atoms with Crippen LogP contribution in [0.1, 0.15) is 36.6 Å². The van der Waals surface area contributed by atoms with E-state index < -0.39 is 0 Å². The molecule has 2 rings (SSSR count). The quantitative estimate of drug-likeness (QED) is 0.864. The second-order valence-corrected chi connectivity index (χ2v) is 4.98. The SMILES string of the molecule is CCNC(c1ccc(CC)cc1)c1ccc(F)c(OC)c1. The molecule has 21 heavy (non-hydrogen) atoms. The Kier molecular flexibility index (Phi) is 5.34. The zero-order valence-corrected chi connectivity index (χ0v) is 12.8. The summed E-state index contributed by atoms with van der Waals surface area (Å²) in [5.41, 5.74) is 3.48. The number of hydrogen-bond acceptors (Lipinski definition) is 2. The maximum atomic E-state index is 13.6. The fourth-order valence-electron chi connectivity index (χ4n) is 2.43. The minimum absolute atomic E-state index is 0.0374. The maximum absolute atomic E-state index is 13.6. The summed E-state index contributed by atoms with van der Waals surface area (Å²) in [7, 11) is 1.49. The van der Waals surface area contributed by atoms with E-state index in [1.54, 1.807) is 12.1 Å². The number of halogens is 1. The second kappa shape index (κ2) is 7.23. The summed E-state index contributed by atoms with van der Waals surface area (Å²) in [4.78, 5) is 0. The summed E-state index contributed by atoms with van der Waals surface area (Å²) in [6.45, 7) is 5.04. The van der Waals surface area contributed by atoms with E-state index in [9.17, 15) is 4.39 Å². The molecule has 0 heterocycles. The van der Waals surface area contributed by atoms with Crippen LogP contribution in [0.25, 0.3) is 0 Å². The van der Waals surface area contributed by atoms with Crippen LogP contribution in [0.2, 0.25) is 0 Å². The third-order valence-electron chi connectivity index (χ3n) is 3.64. The van der Waals surface area contributed by atoms with E-state index in [-0.39, 0.29) is 17.6 Å². The molecular weight excluding hydrogens is 265 g/mol. The smallest absolute Gasteiger partial charge is 0.165 e. The number of rotatable bonds is 6. The number of benzene rings is 2. The third-order valence-corrected chi connectivity index (χ3v) is 3.64. The first-order chi connectivity index (χ1) is 10.2. The van der Waals surface area contributed by atoms with Gasteiger partial charge in [0.1, 0.15) is 0 Å². The van der Waals surface area contributed by atoms with Crippen LogP contribution in [0.15, 0.2) is 42.5 Å². The molecule has 0 aliphatic heterocycles. The van der Waals surface area contributed by atoms with Crippen LogP contribution in [0, 0.1) is 5.82 Å². The minimum atomic E-state index is -0.335. The molecule has 0 spiro atoms. The highest BCUT2D eigenvalue weighted by Gasteiger charge is 2.15. The Morgan fingerprint density at radius 2 is 1.71 bits per heavy atom. The van der Waals surface area contributed by atoms with Crippen molar-refractivity contribution in [2.45, 2.75) is 26.3 Å². The average Bonchev–Trinajstić information content (AvgIpc) is 2.53. The molecule has 0 fully saturated rings. The molecule has 2 aromatic carbocycles. The van der Waals surface area contributed by atoms with Crippen molar-refractivity contribution in [1.82, 2.24) is 5.32 Å². The topological polar surface area (TPSA) is 21.3 Å². The molecule has 3 heteroatoms. The highest BCUT2D eigenvalue weighted by molar-refractivity contribution is 5.38. The number of methoxy groups -OCH3 is 1. The van der Waals surface area contributed by atoms with Crippen molar-refractivity contribution in [3.8, 4) is 5.75 Å². The summed E-state index contributed by atoms with van der Waals surface area (Å²) in [5.74, 6) is -0.0570. The lowest BCUT2D eigenvalue weighted by molar-refractivity contribution is 0.385. The summed E-state index contributed by atoms with van der Waals surface area (Å²) >= 11 is 0. The van der Waals surface area contributed by atoms with E-state index in [4.69, 9.17) is 4.74 Å². The van der Waals surface area contributed by atoms with Gasteiger partial charge in [-0.1, -0.05) is 44.2 Å². The Morgan fingerprint density at radius 3 is 2.29 bits per heavy atom. The first-order valence-corrected chi connectivity index (χ1v) is 7.35. The second-order valence-electron chi connectivity index (χ2n) is 4.98. The van der Waals surface area contributed by atoms with Gasteiger partial charge >= 0.3 is 0 Å². The third kappa shape index (κ3) is 3.61. The molecule has 1 N–H and O–H groups in total. The van der Waals surface area contributed by atoms with E-state index in [0.717, 1.165) is 18.5 Å². The van der Waals surface area contributed by atoms with Gasteiger partial charge < -0.3 is 10.1 Å². The van der Waals surface area contributed by atoms with Gasteiger partial charge in [-0.15, -0.1) is 0 Å². The Bertz CT molecular complexity index is 580. The van der Waals surface area contributed by atoms with Crippen molar-refractivity contribution in [3.05, 3.63) is 65.0 Å². The molecule has 1 atom stereocenters. The molecule has 0 amide bonds. The first kappa shape index (κ1) is 15.5. The molecule has 2 aromatic rings. The molecule has 0 aliphatic rings. The normalized spacial score (nSPS) is 12.2. The monoisotopic (exact) mass is 287 g/mol. The van der Waals surface area contributed by atoms with Crippen molar-refractivity contribution in [3.63, 3.8) is 0 Å². The number of aryl methyl sites for hydroxylation is 1. The lowest BCUT2D eigenvalue weighted by Gasteiger charge is -2.20. The Labute approximate surface area is 126 Å². The summed E-state index contributed by atoms with van der Waals surface area (Å²) < 4.78 is 18.7. The van der Waals surface area contributed by atoms with E-state index >= 15 is 0 Å². The largest absolute Gasteiger partial charge is 0.494 e. The Hall–Kier alpha value is -1.87. The highest BCUT2D eigenvalue weighted by atomic mass is 19.1. The van der Waals surface area contributed by atoms with Gasteiger partial charge in [-0.05, 0) is 41.8 Å². The summed E-state index contributed by atoms with van der Waals surface area (Å²) in [6.07, 6.45) is 1.02. The van der Waals surface area contributed by atoms with E-state index in [2.05, 4.69) is 43.4 Å². The Balaban J connectivity index is 2.37. The molecule has 0 bridgehead atoms. The van der Waals surface area contributed by atoms with Crippen molar-refractivity contribution in [2.24, 2.45) is 0 Å². The summed E-state index contributed by atoms with van der Waals surface area (Å²) in [6, 6.07) is 13.6. The molecule has 2 nitrogen and oxygen atoms in total. The van der Waals surface area contributed by atoms with E-state index in [1.807, 2.05) is 0 Å². The highest BCUT2D eigenvalue weighted by Crippen LogP contribution is 2.27. The van der Waals surface area contributed by atoms with Crippen LogP contribution >= 0.6 is 0 Å². The zero-order chi connectivity index (χ0) is 15.2. The van der Waals surface area contributed by atoms with Gasteiger partial charge in [0.25, 0.3) is 0 Å². The molecule has 1 unspecified atom stereocenters. The zero-order valence-electron chi connectivity index (χ0n) is 12.8. The molecule has 112 valence electrons. The molecule has 0 saturated heterocycles. The van der Waals surface area contributed by atoms with Crippen molar-refractivity contribution in [2.75, 3.05) is 13.7 Å². The first-order valence-electron chi connectivity index (χ1n) is 7.35. The molecule has 0 saturated carbocycles. The van der Waals surface area contributed by atoms with Gasteiger partial charge in [0.15, 0.2) is 11.6 Å². The molecule has 0 aromatic heterocycles. The van der Waals surface area contributed by atoms with Gasteiger partial charge in [-0.2, -0.15) is 0 Å². The number of hydrogen-bond donors (Lipinski definition) is 1. The Morgan fingerprint density at radius 1 is 1.05 bits per heavy atom. The predicted molar refractivity (Wildman–Crippen MR) is 84.3 cm³/mol. The van der Waals surface area contributed by atoms with E-state index in [1.165, 1.54) is 24.3 Å². The number of ether oxygens (including phenoxy) is 1. The van der Waals surface area contributed by atoms with Crippen molar-refractivity contribution >= 4 is 0 Å². The van der Waals surface area contributed by atoms with Gasteiger partial charge in [-0.25, -0.2) is 4.39 Å². The van der Waals surface area contributed by atoms with Crippen LogP contribution in [0.5, 0.6) is 5.75 Å². The van der Waals surface area contributed by atoms with Gasteiger partial charge in [0, 0.05) is 0 Å². The van der Waals surface area contributed by atoms with Crippen LogP contribution < -0.4 is 10.1 Å². The fraction of sp³-hybridized carbons (Fsp3) is 0.333. The predicted octanol–water partition coefficient (Wildman–Crippen LogP) is 4.10.